The minimum atomic E-state index is -0.313. The van der Waals surface area contributed by atoms with Gasteiger partial charge in [-0.1, -0.05) is 30.7 Å². The number of carbonyl (C=O) groups is 2. The Morgan fingerprint density at radius 3 is 2.15 bits per heavy atom. The highest BCUT2D eigenvalue weighted by Gasteiger charge is 2.13. The van der Waals surface area contributed by atoms with E-state index in [0.29, 0.717) is 30.1 Å². The summed E-state index contributed by atoms with van der Waals surface area (Å²) >= 11 is 0. The highest BCUT2D eigenvalue weighted by Crippen LogP contribution is 2.30. The number of nitrogens with zero attached hydrogens (tertiary/aromatic N) is 2. The van der Waals surface area contributed by atoms with E-state index in [1.165, 1.54) is 19.3 Å². The van der Waals surface area contributed by atoms with Gasteiger partial charge in [0.2, 0.25) is 0 Å². The lowest BCUT2D eigenvalue weighted by molar-refractivity contribution is 0.102. The van der Waals surface area contributed by atoms with Gasteiger partial charge in [0.1, 0.15) is 12.4 Å². The molecule has 3 N–H and O–H groups in total. The van der Waals surface area contributed by atoms with Gasteiger partial charge in [0.15, 0.2) is 0 Å². The summed E-state index contributed by atoms with van der Waals surface area (Å²) in [6.07, 6.45) is 7.23. The monoisotopic (exact) mass is 523 g/mol. The van der Waals surface area contributed by atoms with Crippen molar-refractivity contribution in [1.29, 1.82) is 0 Å². The number of hydrogen-bond donors (Lipinski definition) is 3. The van der Waals surface area contributed by atoms with E-state index in [0.717, 1.165) is 41.7 Å². The summed E-state index contributed by atoms with van der Waals surface area (Å²) in [5.41, 5.74) is 2.82. The molecule has 0 bridgehead atoms. The molecule has 2 heterocycles. The van der Waals surface area contributed by atoms with Crippen LogP contribution < -0.4 is 20.7 Å². The summed E-state index contributed by atoms with van der Waals surface area (Å²) in [5, 5.41) is 10.4. The maximum Gasteiger partial charge on any atom is 0.319 e. The molecular weight excluding hydrogens is 490 g/mol. The lowest BCUT2D eigenvalue weighted by Crippen LogP contribution is -2.33. The van der Waals surface area contributed by atoms with Gasteiger partial charge in [-0.05, 0) is 80.0 Å². The number of pyridine rings is 1. The van der Waals surface area contributed by atoms with Crippen LogP contribution >= 0.6 is 0 Å². The first-order chi connectivity index (χ1) is 19.2. The number of anilines is 2. The Kier molecular flexibility index (Phi) is 8.65. The smallest absolute Gasteiger partial charge is 0.319 e. The number of carbonyl (C=O) groups excluding carboxylic acids is 2. The second-order valence-corrected chi connectivity index (χ2v) is 9.60. The fourth-order valence-electron chi connectivity index (χ4n) is 4.74. The highest BCUT2D eigenvalue weighted by atomic mass is 16.5. The maximum atomic E-state index is 13.0. The first-order valence-electron chi connectivity index (χ1n) is 13.4. The zero-order valence-corrected chi connectivity index (χ0v) is 21.9. The zero-order chi connectivity index (χ0) is 26.9. The van der Waals surface area contributed by atoms with Crippen molar-refractivity contribution < 1.29 is 14.3 Å². The lowest BCUT2D eigenvalue weighted by Gasteiger charge is -2.26. The number of aromatic nitrogens is 1. The number of benzene rings is 3. The van der Waals surface area contributed by atoms with Crippen LogP contribution in [-0.2, 0) is 6.54 Å². The van der Waals surface area contributed by atoms with E-state index in [1.54, 1.807) is 36.7 Å². The number of fused-ring (bicyclic) bond motifs is 1. The molecule has 5 rings (SSSR count). The van der Waals surface area contributed by atoms with Gasteiger partial charge in [0.25, 0.3) is 5.91 Å². The minimum Gasteiger partial charge on any atom is -0.492 e. The van der Waals surface area contributed by atoms with Crippen molar-refractivity contribution in [2.75, 3.05) is 36.9 Å². The second-order valence-electron chi connectivity index (χ2n) is 9.60. The van der Waals surface area contributed by atoms with E-state index in [2.05, 4.69) is 25.8 Å². The molecular formula is C31H33N5O3. The standard InChI is InChI=1S/C31H33N5O3/c37-30(24-8-10-25(11-9-24)39-21-20-36-18-4-1-5-19-36)34-28-12-13-29(27-7-3-2-6-26(27)28)35-31(38)33-22-23-14-16-32-17-15-23/h2-3,6-17H,1,4-5,18-22H2,(H,34,37)(H2,33,35,38). The van der Waals surface area contributed by atoms with Crippen LogP contribution in [0.3, 0.4) is 0 Å². The van der Waals surface area contributed by atoms with Crippen molar-refractivity contribution in [1.82, 2.24) is 15.2 Å². The Labute approximate surface area is 228 Å². The van der Waals surface area contributed by atoms with Gasteiger partial charge in [0, 0.05) is 47.5 Å². The second kappa shape index (κ2) is 12.9. The van der Waals surface area contributed by atoms with E-state index in [1.807, 2.05) is 48.5 Å². The quantitative estimate of drug-likeness (QED) is 0.263. The molecule has 0 saturated carbocycles. The summed E-state index contributed by atoms with van der Waals surface area (Å²) in [7, 11) is 0. The third kappa shape index (κ3) is 7.12. The van der Waals surface area contributed by atoms with Crippen LogP contribution in [-0.4, -0.2) is 48.1 Å². The molecule has 3 amide bonds. The van der Waals surface area contributed by atoms with Gasteiger partial charge < -0.3 is 20.7 Å². The molecule has 0 aliphatic carbocycles. The van der Waals surface area contributed by atoms with Crippen molar-refractivity contribution in [3.05, 3.63) is 96.3 Å². The predicted molar refractivity (Wildman–Crippen MR) is 154 cm³/mol. The Bertz CT molecular complexity index is 1400. The number of nitrogens with one attached hydrogen (secondary N) is 3. The average Bonchev–Trinajstić information content (AvgIpc) is 2.99. The van der Waals surface area contributed by atoms with Gasteiger partial charge in [0.05, 0.1) is 5.69 Å². The number of urea groups is 1. The molecule has 1 saturated heterocycles. The van der Waals surface area contributed by atoms with Gasteiger partial charge in [-0.3, -0.25) is 14.7 Å². The fraction of sp³-hybridized carbons (Fsp3) is 0.258. The van der Waals surface area contributed by atoms with Crippen molar-refractivity contribution in [3.8, 4) is 5.75 Å². The molecule has 0 unspecified atom stereocenters. The molecule has 0 spiro atoms. The summed E-state index contributed by atoms with van der Waals surface area (Å²) in [4.78, 5) is 32.0. The molecule has 1 aliphatic heterocycles. The lowest BCUT2D eigenvalue weighted by atomic mass is 10.1. The largest absolute Gasteiger partial charge is 0.492 e. The molecule has 3 aromatic carbocycles. The van der Waals surface area contributed by atoms with E-state index in [4.69, 9.17) is 4.74 Å². The van der Waals surface area contributed by atoms with Gasteiger partial charge in [-0.2, -0.15) is 0 Å². The fourth-order valence-corrected chi connectivity index (χ4v) is 4.74. The molecule has 1 aromatic heterocycles. The summed E-state index contributed by atoms with van der Waals surface area (Å²) in [6, 6.07) is 21.8. The molecule has 0 radical (unpaired) electrons. The summed E-state index contributed by atoms with van der Waals surface area (Å²) in [5.74, 6) is 0.544. The van der Waals surface area contributed by atoms with Crippen molar-refractivity contribution in [2.45, 2.75) is 25.8 Å². The van der Waals surface area contributed by atoms with Crippen LogP contribution in [0.4, 0.5) is 16.2 Å². The van der Waals surface area contributed by atoms with Gasteiger partial charge in [-0.25, -0.2) is 4.79 Å². The Hall–Kier alpha value is -4.43. The molecule has 8 heteroatoms. The van der Waals surface area contributed by atoms with Gasteiger partial charge >= 0.3 is 6.03 Å². The van der Waals surface area contributed by atoms with Crippen LogP contribution in [0.15, 0.2) is 85.2 Å². The molecule has 8 nitrogen and oxygen atoms in total. The SMILES string of the molecule is O=C(NCc1ccncc1)Nc1ccc(NC(=O)c2ccc(OCCN3CCCCC3)cc2)c2ccccc12. The topological polar surface area (TPSA) is 95.6 Å². The molecule has 1 aliphatic rings. The Morgan fingerprint density at radius 2 is 1.46 bits per heavy atom. The van der Waals surface area contributed by atoms with Gasteiger partial charge in [-0.15, -0.1) is 0 Å². The van der Waals surface area contributed by atoms with E-state index < -0.39 is 0 Å². The van der Waals surface area contributed by atoms with Crippen LogP contribution in [0.2, 0.25) is 0 Å². The Morgan fingerprint density at radius 1 is 0.795 bits per heavy atom. The molecule has 4 aromatic rings. The van der Waals surface area contributed by atoms with E-state index in [-0.39, 0.29) is 11.9 Å². The number of amides is 3. The number of piperidine rings is 1. The zero-order valence-electron chi connectivity index (χ0n) is 21.9. The van der Waals surface area contributed by atoms with Crippen molar-refractivity contribution in [2.24, 2.45) is 0 Å². The summed E-state index contributed by atoms with van der Waals surface area (Å²) < 4.78 is 5.89. The van der Waals surface area contributed by atoms with Crippen LogP contribution in [0, 0.1) is 0 Å². The first kappa shape index (κ1) is 26.2. The van der Waals surface area contributed by atoms with Crippen molar-refractivity contribution in [3.63, 3.8) is 0 Å². The highest BCUT2D eigenvalue weighted by molar-refractivity contribution is 6.12. The molecule has 200 valence electrons. The summed E-state index contributed by atoms with van der Waals surface area (Å²) in [6.45, 7) is 4.25. The van der Waals surface area contributed by atoms with E-state index in [9.17, 15) is 9.59 Å². The normalized spacial score (nSPS) is 13.5. The number of rotatable bonds is 9. The molecule has 1 fully saturated rings. The average molecular weight is 524 g/mol. The minimum absolute atomic E-state index is 0.212. The third-order valence-electron chi connectivity index (χ3n) is 6.86. The number of likely N-dealkylation sites (tertiary alicyclic amines) is 1. The number of hydrogen-bond acceptors (Lipinski definition) is 5. The van der Waals surface area contributed by atoms with Crippen LogP contribution in [0.1, 0.15) is 35.2 Å². The first-order valence-corrected chi connectivity index (χ1v) is 13.4. The van der Waals surface area contributed by atoms with E-state index >= 15 is 0 Å². The van der Waals surface area contributed by atoms with Crippen LogP contribution in [0.5, 0.6) is 5.75 Å². The predicted octanol–water partition coefficient (Wildman–Crippen LogP) is 5.67. The Balaban J connectivity index is 1.19. The maximum absolute atomic E-state index is 13.0. The third-order valence-corrected chi connectivity index (χ3v) is 6.86. The van der Waals surface area contributed by atoms with Crippen molar-refractivity contribution >= 4 is 34.1 Å². The molecule has 0 atom stereocenters. The van der Waals surface area contributed by atoms with Crippen LogP contribution in [0.25, 0.3) is 10.8 Å². The molecule has 39 heavy (non-hydrogen) atoms. The number of ether oxygens (including phenoxy) is 1.